The Labute approximate surface area is 116 Å². The molecule has 4 rings (SSSR count). The lowest BCUT2D eigenvalue weighted by atomic mass is 9.58. The Balaban J connectivity index is 2.15. The van der Waals surface area contributed by atoms with Crippen molar-refractivity contribution in [3.05, 3.63) is 24.3 Å². The maximum atomic E-state index is 12.6. The fourth-order valence-electron chi connectivity index (χ4n) is 3.76. The fraction of sp³-hybridized carbons (Fsp3) is 0.571. The van der Waals surface area contributed by atoms with Crippen molar-refractivity contribution in [3.63, 3.8) is 0 Å². The van der Waals surface area contributed by atoms with Gasteiger partial charge < -0.3 is 9.47 Å². The van der Waals surface area contributed by atoms with Crippen LogP contribution in [0.5, 0.6) is 0 Å². The van der Waals surface area contributed by atoms with Gasteiger partial charge in [0.05, 0.1) is 12.5 Å². The first-order valence-corrected chi connectivity index (χ1v) is 7.49. The van der Waals surface area contributed by atoms with Gasteiger partial charge in [0.2, 0.25) is 10.9 Å². The number of thioether (sulfide) groups is 1. The van der Waals surface area contributed by atoms with Crippen LogP contribution in [-0.2, 0) is 19.1 Å². The lowest BCUT2D eigenvalue weighted by molar-refractivity contribution is -0.217. The molecule has 4 bridgehead atoms. The van der Waals surface area contributed by atoms with E-state index in [1.165, 1.54) is 18.9 Å². The largest absolute Gasteiger partial charge is 0.346 e. The van der Waals surface area contributed by atoms with Crippen LogP contribution in [0, 0.1) is 23.7 Å². The SMILES string of the molecule is C=C[C@@H]1[C@H]2CO[C@@]3(OC)C(=O)[C@@H]1C=C(C(=O)SC)[C@@H]23. The van der Waals surface area contributed by atoms with Crippen molar-refractivity contribution in [1.82, 2.24) is 0 Å². The summed E-state index contributed by atoms with van der Waals surface area (Å²) in [4.78, 5) is 24.6. The molecule has 0 N–H and O–H groups in total. The number of hydrogen-bond acceptors (Lipinski definition) is 5. The highest BCUT2D eigenvalue weighted by Crippen LogP contribution is 2.58. The van der Waals surface area contributed by atoms with Crippen molar-refractivity contribution in [2.45, 2.75) is 5.79 Å². The Morgan fingerprint density at radius 2 is 2.42 bits per heavy atom. The molecule has 1 heterocycles. The first-order valence-electron chi connectivity index (χ1n) is 6.26. The summed E-state index contributed by atoms with van der Waals surface area (Å²) in [6.07, 6.45) is 5.37. The van der Waals surface area contributed by atoms with Gasteiger partial charge in [-0.15, -0.1) is 6.58 Å². The van der Waals surface area contributed by atoms with Crippen LogP contribution >= 0.6 is 11.8 Å². The predicted molar refractivity (Wildman–Crippen MR) is 71.5 cm³/mol. The topological polar surface area (TPSA) is 52.6 Å². The normalized spacial score (nSPS) is 43.3. The van der Waals surface area contributed by atoms with Gasteiger partial charge in [0.15, 0.2) is 5.78 Å². The smallest absolute Gasteiger partial charge is 0.236 e. The summed E-state index contributed by atoms with van der Waals surface area (Å²) in [6, 6.07) is 0. The minimum atomic E-state index is -1.25. The van der Waals surface area contributed by atoms with E-state index in [-0.39, 0.29) is 34.6 Å². The van der Waals surface area contributed by atoms with Crippen molar-refractivity contribution < 1.29 is 19.1 Å². The molecule has 3 aliphatic carbocycles. The summed E-state index contributed by atoms with van der Waals surface area (Å²) in [5, 5.41) is 0.00179. The van der Waals surface area contributed by atoms with Crippen molar-refractivity contribution in [3.8, 4) is 0 Å². The van der Waals surface area contributed by atoms with Gasteiger partial charge in [-0.1, -0.05) is 23.9 Å². The molecule has 0 amide bonds. The molecule has 0 radical (unpaired) electrons. The van der Waals surface area contributed by atoms with E-state index in [1.54, 1.807) is 12.3 Å². The van der Waals surface area contributed by atoms with Gasteiger partial charge in [-0.2, -0.15) is 0 Å². The van der Waals surface area contributed by atoms with E-state index < -0.39 is 5.79 Å². The fourth-order valence-corrected chi connectivity index (χ4v) is 4.19. The van der Waals surface area contributed by atoms with Crippen LogP contribution in [0.2, 0.25) is 0 Å². The lowest BCUT2D eigenvalue weighted by Crippen LogP contribution is -2.59. The molecular formula is C14H16O4S. The van der Waals surface area contributed by atoms with Crippen LogP contribution in [0.4, 0.5) is 0 Å². The van der Waals surface area contributed by atoms with Crippen molar-refractivity contribution in [1.29, 1.82) is 0 Å². The third-order valence-corrected chi connectivity index (χ3v) is 5.18. The predicted octanol–water partition coefficient (Wildman–Crippen LogP) is 1.42. The van der Waals surface area contributed by atoms with Gasteiger partial charge >= 0.3 is 0 Å². The van der Waals surface area contributed by atoms with Gasteiger partial charge in [-0.3, -0.25) is 9.59 Å². The molecule has 0 aromatic heterocycles. The van der Waals surface area contributed by atoms with Crippen LogP contribution in [-0.4, -0.2) is 36.7 Å². The standard InChI is InChI=1S/C14H16O4S/c1-4-7-8-5-9(13(16)19-3)11-10(7)6-18-14(11,17-2)12(8)15/h4-5,7-8,10-11H,1,6H2,2-3H3/t7-,8+,10+,11-,14+/m0/s1. The highest BCUT2D eigenvalue weighted by atomic mass is 32.2. The van der Waals surface area contributed by atoms with Crippen molar-refractivity contribution >= 4 is 22.7 Å². The van der Waals surface area contributed by atoms with Crippen LogP contribution < -0.4 is 0 Å². The second-order valence-corrected chi connectivity index (χ2v) is 5.92. The van der Waals surface area contributed by atoms with Crippen LogP contribution in [0.1, 0.15) is 0 Å². The van der Waals surface area contributed by atoms with Gasteiger partial charge in [0.25, 0.3) is 0 Å². The molecule has 0 spiro atoms. The number of rotatable bonds is 3. The van der Waals surface area contributed by atoms with E-state index in [1.807, 2.05) is 6.08 Å². The molecule has 1 saturated heterocycles. The second kappa shape index (κ2) is 4.30. The number of carbonyl (C=O) groups is 2. The number of carbonyl (C=O) groups excluding carboxylic acids is 2. The first-order chi connectivity index (χ1) is 9.10. The van der Waals surface area contributed by atoms with E-state index in [4.69, 9.17) is 9.47 Å². The molecule has 0 aromatic carbocycles. The molecule has 4 nitrogen and oxygen atoms in total. The molecule has 4 aliphatic rings. The van der Waals surface area contributed by atoms with E-state index >= 15 is 0 Å². The Morgan fingerprint density at radius 1 is 1.68 bits per heavy atom. The Kier molecular flexibility index (Phi) is 2.96. The molecule has 5 atom stereocenters. The molecule has 1 saturated carbocycles. The molecular weight excluding hydrogens is 264 g/mol. The molecule has 5 heteroatoms. The summed E-state index contributed by atoms with van der Waals surface area (Å²) in [7, 11) is 1.48. The van der Waals surface area contributed by atoms with E-state index in [2.05, 4.69) is 6.58 Å². The summed E-state index contributed by atoms with van der Waals surface area (Å²) in [6.45, 7) is 4.27. The number of hydrogen-bond donors (Lipinski definition) is 0. The number of allylic oxidation sites excluding steroid dienone is 2. The molecule has 0 unspecified atom stereocenters. The first kappa shape index (κ1) is 13.1. The van der Waals surface area contributed by atoms with E-state index in [9.17, 15) is 9.59 Å². The van der Waals surface area contributed by atoms with E-state index in [0.717, 1.165) is 0 Å². The van der Waals surface area contributed by atoms with Crippen molar-refractivity contribution in [2.75, 3.05) is 20.0 Å². The summed E-state index contributed by atoms with van der Waals surface area (Å²) in [5.74, 6) is -1.81. The van der Waals surface area contributed by atoms with Crippen LogP contribution in [0.15, 0.2) is 24.3 Å². The number of methoxy groups -OCH3 is 1. The molecule has 0 aromatic rings. The zero-order valence-electron chi connectivity index (χ0n) is 10.9. The van der Waals surface area contributed by atoms with Gasteiger partial charge in [0.1, 0.15) is 0 Å². The monoisotopic (exact) mass is 280 g/mol. The highest BCUT2D eigenvalue weighted by Gasteiger charge is 2.68. The maximum absolute atomic E-state index is 12.6. The summed E-state index contributed by atoms with van der Waals surface area (Å²) < 4.78 is 11.1. The average molecular weight is 280 g/mol. The number of ether oxygens (including phenoxy) is 2. The zero-order valence-corrected chi connectivity index (χ0v) is 11.7. The minimum Gasteiger partial charge on any atom is -0.346 e. The molecule has 19 heavy (non-hydrogen) atoms. The van der Waals surface area contributed by atoms with Gasteiger partial charge in [0, 0.05) is 24.5 Å². The highest BCUT2D eigenvalue weighted by molar-refractivity contribution is 8.13. The quantitative estimate of drug-likeness (QED) is 0.732. The summed E-state index contributed by atoms with van der Waals surface area (Å²) in [5.41, 5.74) is 0.680. The Morgan fingerprint density at radius 3 is 3.00 bits per heavy atom. The molecule has 102 valence electrons. The average Bonchev–Trinajstić information content (AvgIpc) is 2.81. The van der Waals surface area contributed by atoms with Crippen LogP contribution in [0.25, 0.3) is 0 Å². The van der Waals surface area contributed by atoms with E-state index in [0.29, 0.717) is 12.2 Å². The van der Waals surface area contributed by atoms with Gasteiger partial charge in [-0.25, -0.2) is 0 Å². The van der Waals surface area contributed by atoms with Gasteiger partial charge in [-0.05, 0) is 12.2 Å². The second-order valence-electron chi connectivity index (χ2n) is 5.14. The van der Waals surface area contributed by atoms with Crippen molar-refractivity contribution in [2.24, 2.45) is 23.7 Å². The molecule has 1 aliphatic heterocycles. The Bertz CT molecular complexity index is 498. The minimum absolute atomic E-state index is 0.00179. The van der Waals surface area contributed by atoms with Crippen LogP contribution in [0.3, 0.4) is 0 Å². The third kappa shape index (κ3) is 1.43. The number of Topliss-reactive ketones (excluding diaryl/α,β-unsaturated/α-hetero) is 1. The Hall–Kier alpha value is -0.910. The number of ketones is 1. The third-order valence-electron chi connectivity index (χ3n) is 4.57. The zero-order chi connectivity index (χ0) is 13.8. The molecule has 2 fully saturated rings. The lowest BCUT2D eigenvalue weighted by Gasteiger charge is -2.47. The summed E-state index contributed by atoms with van der Waals surface area (Å²) >= 11 is 1.17. The maximum Gasteiger partial charge on any atom is 0.236 e.